The van der Waals surface area contributed by atoms with Crippen LogP contribution in [0, 0.1) is 0 Å². The molecule has 1 aliphatic heterocycles. The van der Waals surface area contributed by atoms with Crippen LogP contribution in [-0.2, 0) is 11.2 Å². The molecule has 2 rings (SSSR count). The molecular weight excluding hydrogens is 208 g/mol. The minimum atomic E-state index is 0.252. The van der Waals surface area contributed by atoms with E-state index in [1.807, 2.05) is 28.7 Å². The maximum atomic E-state index is 12.0. The maximum absolute atomic E-state index is 12.0. The van der Waals surface area contributed by atoms with Crippen LogP contribution in [0.5, 0.6) is 0 Å². The van der Waals surface area contributed by atoms with E-state index in [1.165, 1.54) is 0 Å². The van der Waals surface area contributed by atoms with Gasteiger partial charge in [0.1, 0.15) is 0 Å². The molecule has 4 heteroatoms. The topological polar surface area (TPSA) is 32.3 Å². The average molecular weight is 224 g/mol. The van der Waals surface area contributed by atoms with E-state index in [0.29, 0.717) is 12.5 Å². The molecule has 0 saturated carbocycles. The number of carbonyl (C=O) groups excluding carboxylic acids is 1. The third-order valence-corrected chi connectivity index (χ3v) is 3.53. The van der Waals surface area contributed by atoms with Crippen molar-refractivity contribution in [1.29, 1.82) is 0 Å². The summed E-state index contributed by atoms with van der Waals surface area (Å²) in [5.74, 6) is 0.252. The van der Waals surface area contributed by atoms with Crippen LogP contribution in [0.15, 0.2) is 16.8 Å². The Bertz CT molecular complexity index is 319. The number of carbonyl (C=O) groups is 1. The van der Waals surface area contributed by atoms with E-state index in [-0.39, 0.29) is 5.91 Å². The molecule has 1 N–H and O–H groups in total. The van der Waals surface area contributed by atoms with Crippen molar-refractivity contribution >= 4 is 17.2 Å². The van der Waals surface area contributed by atoms with Crippen LogP contribution >= 0.6 is 11.3 Å². The molecule has 82 valence electrons. The monoisotopic (exact) mass is 224 g/mol. The fourth-order valence-corrected chi connectivity index (χ4v) is 2.47. The summed E-state index contributed by atoms with van der Waals surface area (Å²) in [6, 6.07) is 2.44. The van der Waals surface area contributed by atoms with Gasteiger partial charge in [-0.15, -0.1) is 0 Å². The van der Waals surface area contributed by atoms with Crippen molar-refractivity contribution in [3.63, 3.8) is 0 Å². The van der Waals surface area contributed by atoms with E-state index in [1.54, 1.807) is 11.3 Å². The lowest BCUT2D eigenvalue weighted by molar-refractivity contribution is -0.133. The molecule has 1 aromatic rings. The summed E-state index contributed by atoms with van der Waals surface area (Å²) in [5.41, 5.74) is 1.13. The smallest absolute Gasteiger partial charge is 0.227 e. The second-order valence-corrected chi connectivity index (χ2v) is 4.58. The Labute approximate surface area is 94.1 Å². The molecule has 1 aliphatic rings. The number of rotatable bonds is 4. The number of likely N-dealkylation sites (N-methyl/N-ethyl adjacent to an activating group) is 1. The molecule has 0 atom stereocenters. The number of hydrogen-bond donors (Lipinski definition) is 1. The quantitative estimate of drug-likeness (QED) is 0.831. The Morgan fingerprint density at radius 1 is 1.67 bits per heavy atom. The predicted molar refractivity (Wildman–Crippen MR) is 62.1 cm³/mol. The first-order valence-corrected chi connectivity index (χ1v) is 6.26. The van der Waals surface area contributed by atoms with Gasteiger partial charge in [0.05, 0.1) is 12.5 Å². The molecule has 1 fully saturated rings. The van der Waals surface area contributed by atoms with Gasteiger partial charge in [-0.1, -0.05) is 0 Å². The van der Waals surface area contributed by atoms with Crippen LogP contribution in [0.25, 0.3) is 0 Å². The molecule has 3 nitrogen and oxygen atoms in total. The highest BCUT2D eigenvalue weighted by atomic mass is 32.1. The molecular formula is C11H16N2OS. The minimum Gasteiger partial charge on any atom is -0.337 e. The van der Waals surface area contributed by atoms with Gasteiger partial charge in [-0.05, 0) is 29.3 Å². The van der Waals surface area contributed by atoms with Gasteiger partial charge in [-0.2, -0.15) is 11.3 Å². The van der Waals surface area contributed by atoms with Crippen LogP contribution in [0.3, 0.4) is 0 Å². The second kappa shape index (κ2) is 4.77. The first-order chi connectivity index (χ1) is 7.31. The van der Waals surface area contributed by atoms with Crippen molar-refractivity contribution in [2.24, 2.45) is 0 Å². The van der Waals surface area contributed by atoms with Gasteiger partial charge >= 0.3 is 0 Å². The molecule has 0 aliphatic carbocycles. The van der Waals surface area contributed by atoms with Crippen LogP contribution in [-0.4, -0.2) is 36.5 Å². The number of amides is 1. The summed E-state index contributed by atoms with van der Waals surface area (Å²) in [6.07, 6.45) is 0.549. The van der Waals surface area contributed by atoms with Crippen molar-refractivity contribution in [2.75, 3.05) is 19.6 Å². The first kappa shape index (κ1) is 10.6. The summed E-state index contributed by atoms with van der Waals surface area (Å²) in [7, 11) is 0. The van der Waals surface area contributed by atoms with E-state index in [9.17, 15) is 4.79 Å². The van der Waals surface area contributed by atoms with Crippen molar-refractivity contribution in [3.05, 3.63) is 22.4 Å². The van der Waals surface area contributed by atoms with Gasteiger partial charge in [-0.3, -0.25) is 4.79 Å². The predicted octanol–water partition coefficient (Wildman–Crippen LogP) is 1.11. The Hall–Kier alpha value is -0.870. The fraction of sp³-hybridized carbons (Fsp3) is 0.545. The fourth-order valence-electron chi connectivity index (χ4n) is 1.80. The summed E-state index contributed by atoms with van der Waals surface area (Å²) in [6.45, 7) is 4.76. The van der Waals surface area contributed by atoms with Crippen LogP contribution < -0.4 is 5.32 Å². The summed E-state index contributed by atoms with van der Waals surface area (Å²) in [5, 5.41) is 7.26. The molecule has 0 spiro atoms. The zero-order chi connectivity index (χ0) is 10.7. The van der Waals surface area contributed by atoms with Gasteiger partial charge in [0, 0.05) is 19.6 Å². The Morgan fingerprint density at radius 3 is 2.93 bits per heavy atom. The molecule has 0 aromatic carbocycles. The number of thiophene rings is 1. The second-order valence-electron chi connectivity index (χ2n) is 3.80. The zero-order valence-corrected chi connectivity index (χ0v) is 9.72. The largest absolute Gasteiger partial charge is 0.337 e. The van der Waals surface area contributed by atoms with Crippen LogP contribution in [0.1, 0.15) is 12.5 Å². The summed E-state index contributed by atoms with van der Waals surface area (Å²) in [4.78, 5) is 14.0. The van der Waals surface area contributed by atoms with E-state index in [2.05, 4.69) is 5.32 Å². The van der Waals surface area contributed by atoms with E-state index in [4.69, 9.17) is 0 Å². The number of hydrogen-bond acceptors (Lipinski definition) is 3. The van der Waals surface area contributed by atoms with Crippen molar-refractivity contribution < 1.29 is 4.79 Å². The van der Waals surface area contributed by atoms with Gasteiger partial charge in [0.25, 0.3) is 0 Å². The Morgan fingerprint density at radius 2 is 2.47 bits per heavy atom. The molecule has 1 aromatic heterocycles. The lowest BCUT2D eigenvalue weighted by Crippen LogP contribution is -2.59. The molecule has 1 amide bonds. The summed E-state index contributed by atoms with van der Waals surface area (Å²) < 4.78 is 0. The molecule has 2 heterocycles. The van der Waals surface area contributed by atoms with Gasteiger partial charge in [0.15, 0.2) is 0 Å². The minimum absolute atomic E-state index is 0.252. The molecule has 0 unspecified atom stereocenters. The molecule has 0 radical (unpaired) electrons. The SMILES string of the molecule is CCN(C(=O)Cc1ccsc1)C1CNC1. The van der Waals surface area contributed by atoms with E-state index in [0.717, 1.165) is 25.2 Å². The van der Waals surface area contributed by atoms with Crippen LogP contribution in [0.2, 0.25) is 0 Å². The number of nitrogens with one attached hydrogen (secondary N) is 1. The average Bonchev–Trinajstić information content (AvgIpc) is 2.63. The van der Waals surface area contributed by atoms with Gasteiger partial charge in [0.2, 0.25) is 5.91 Å². The highest BCUT2D eigenvalue weighted by Crippen LogP contribution is 2.11. The third kappa shape index (κ3) is 2.38. The summed E-state index contributed by atoms with van der Waals surface area (Å²) >= 11 is 1.65. The Kier molecular flexibility index (Phi) is 3.38. The van der Waals surface area contributed by atoms with Gasteiger partial charge < -0.3 is 10.2 Å². The highest BCUT2D eigenvalue weighted by Gasteiger charge is 2.26. The lowest BCUT2D eigenvalue weighted by Gasteiger charge is -2.37. The van der Waals surface area contributed by atoms with Gasteiger partial charge in [-0.25, -0.2) is 0 Å². The number of nitrogens with zero attached hydrogens (tertiary/aromatic N) is 1. The van der Waals surface area contributed by atoms with E-state index >= 15 is 0 Å². The molecule has 0 bridgehead atoms. The highest BCUT2D eigenvalue weighted by molar-refractivity contribution is 7.07. The normalized spacial score (nSPS) is 16.1. The molecule has 15 heavy (non-hydrogen) atoms. The lowest BCUT2D eigenvalue weighted by atomic mass is 10.1. The third-order valence-electron chi connectivity index (χ3n) is 2.80. The van der Waals surface area contributed by atoms with E-state index < -0.39 is 0 Å². The van der Waals surface area contributed by atoms with Crippen molar-refractivity contribution in [1.82, 2.24) is 10.2 Å². The zero-order valence-electron chi connectivity index (χ0n) is 8.90. The Balaban J connectivity index is 1.93. The first-order valence-electron chi connectivity index (χ1n) is 5.32. The van der Waals surface area contributed by atoms with Crippen LogP contribution in [0.4, 0.5) is 0 Å². The van der Waals surface area contributed by atoms with Crippen molar-refractivity contribution in [2.45, 2.75) is 19.4 Å². The van der Waals surface area contributed by atoms with Crippen molar-refractivity contribution in [3.8, 4) is 0 Å². The standard InChI is InChI=1S/C11H16N2OS/c1-2-13(10-6-12-7-10)11(14)5-9-3-4-15-8-9/h3-4,8,10,12H,2,5-7H2,1H3. The molecule has 1 saturated heterocycles. The maximum Gasteiger partial charge on any atom is 0.227 e.